The predicted octanol–water partition coefficient (Wildman–Crippen LogP) is 3.13. The topological polar surface area (TPSA) is 64.1 Å². The van der Waals surface area contributed by atoms with Crippen LogP contribution in [0.1, 0.15) is 31.7 Å². The van der Waals surface area contributed by atoms with Gasteiger partial charge in [-0.25, -0.2) is 0 Å². The number of hydrogen-bond donors (Lipinski definition) is 2. The Morgan fingerprint density at radius 1 is 1.18 bits per heavy atom. The summed E-state index contributed by atoms with van der Waals surface area (Å²) in [5.74, 6) is 0.811. The molecule has 28 heavy (non-hydrogen) atoms. The fourth-order valence-corrected chi connectivity index (χ4v) is 4.21. The highest BCUT2D eigenvalue weighted by molar-refractivity contribution is 5.86. The molecule has 1 aromatic heterocycles. The summed E-state index contributed by atoms with van der Waals surface area (Å²) in [6, 6.07) is 11.2. The standard InChI is InChI=1S/C23H25NO4/c1-15-7-5-6-12-24(15)13-18-20(25)11-10-17-22(26)19(14-28-23(17)18)16-8-3-4-9-21(16)27-2/h3-4,8-11,14-15,25H,5-7,12-13H2,1-2H3/p+1/t15-/m0/s1. The summed E-state index contributed by atoms with van der Waals surface area (Å²) < 4.78 is 11.3. The van der Waals surface area contributed by atoms with Gasteiger partial charge < -0.3 is 19.2 Å². The summed E-state index contributed by atoms with van der Waals surface area (Å²) >= 11 is 0. The van der Waals surface area contributed by atoms with Gasteiger partial charge in [-0.1, -0.05) is 18.2 Å². The maximum atomic E-state index is 13.2. The normalized spacial score (nSPS) is 19.6. The lowest BCUT2D eigenvalue weighted by atomic mass is 10.0. The molecule has 0 aliphatic carbocycles. The number of likely N-dealkylation sites (tertiary alicyclic amines) is 1. The summed E-state index contributed by atoms with van der Waals surface area (Å²) in [4.78, 5) is 14.6. The quantitative estimate of drug-likeness (QED) is 0.730. The predicted molar refractivity (Wildman–Crippen MR) is 109 cm³/mol. The number of phenolic OH excluding ortho intramolecular Hbond substituents is 1. The number of methoxy groups -OCH3 is 1. The Hall–Kier alpha value is -2.79. The zero-order valence-corrected chi connectivity index (χ0v) is 16.3. The van der Waals surface area contributed by atoms with Crippen LogP contribution in [0.4, 0.5) is 0 Å². The second kappa shape index (κ2) is 7.68. The van der Waals surface area contributed by atoms with Gasteiger partial charge in [0.1, 0.15) is 29.9 Å². The van der Waals surface area contributed by atoms with Crippen molar-refractivity contribution in [3.63, 3.8) is 0 Å². The largest absolute Gasteiger partial charge is 0.507 e. The number of phenols is 1. The summed E-state index contributed by atoms with van der Waals surface area (Å²) in [7, 11) is 1.58. The van der Waals surface area contributed by atoms with Crippen LogP contribution in [0.2, 0.25) is 0 Å². The van der Waals surface area contributed by atoms with Crippen molar-refractivity contribution in [3.8, 4) is 22.6 Å². The van der Waals surface area contributed by atoms with Crippen LogP contribution in [-0.4, -0.2) is 24.8 Å². The van der Waals surface area contributed by atoms with Crippen molar-refractivity contribution in [2.75, 3.05) is 13.7 Å². The molecule has 3 aromatic rings. The van der Waals surface area contributed by atoms with Gasteiger partial charge in [0.05, 0.1) is 36.2 Å². The molecule has 5 heteroatoms. The maximum Gasteiger partial charge on any atom is 0.200 e. The van der Waals surface area contributed by atoms with Crippen molar-refractivity contribution in [2.45, 2.75) is 38.8 Å². The molecule has 1 saturated heterocycles. The van der Waals surface area contributed by atoms with Crippen LogP contribution in [-0.2, 0) is 6.54 Å². The molecule has 0 radical (unpaired) electrons. The highest BCUT2D eigenvalue weighted by atomic mass is 16.5. The van der Waals surface area contributed by atoms with E-state index in [-0.39, 0.29) is 11.2 Å². The van der Waals surface area contributed by atoms with Crippen LogP contribution in [0.5, 0.6) is 11.5 Å². The molecular formula is C23H26NO4+. The first-order valence-electron chi connectivity index (χ1n) is 9.84. The van der Waals surface area contributed by atoms with Crippen molar-refractivity contribution in [1.29, 1.82) is 0 Å². The summed E-state index contributed by atoms with van der Waals surface area (Å²) in [5, 5.41) is 11.0. The molecule has 0 saturated carbocycles. The molecule has 1 unspecified atom stereocenters. The van der Waals surface area contributed by atoms with Crippen molar-refractivity contribution >= 4 is 11.0 Å². The fraction of sp³-hybridized carbons (Fsp3) is 0.348. The molecule has 1 aliphatic heterocycles. The molecular weight excluding hydrogens is 354 g/mol. The van der Waals surface area contributed by atoms with Crippen molar-refractivity contribution in [2.24, 2.45) is 0 Å². The second-order valence-electron chi connectivity index (χ2n) is 7.60. The number of aromatic hydroxyl groups is 1. The van der Waals surface area contributed by atoms with Crippen molar-refractivity contribution in [3.05, 3.63) is 58.4 Å². The molecule has 2 aromatic carbocycles. The summed E-state index contributed by atoms with van der Waals surface area (Å²) in [6.07, 6.45) is 5.11. The van der Waals surface area contributed by atoms with Crippen LogP contribution in [0.3, 0.4) is 0 Å². The van der Waals surface area contributed by atoms with E-state index in [4.69, 9.17) is 9.15 Å². The van der Waals surface area contributed by atoms with E-state index in [0.29, 0.717) is 46.0 Å². The van der Waals surface area contributed by atoms with Gasteiger partial charge in [0, 0.05) is 5.56 Å². The van der Waals surface area contributed by atoms with Crippen LogP contribution >= 0.6 is 0 Å². The molecule has 1 fully saturated rings. The van der Waals surface area contributed by atoms with E-state index in [9.17, 15) is 9.90 Å². The first kappa shape index (κ1) is 18.6. The van der Waals surface area contributed by atoms with Crippen molar-refractivity contribution < 1.29 is 19.2 Å². The SMILES string of the molecule is COc1ccccc1-c1coc2c(C[NH+]3CCCC[C@@H]3C)c(O)ccc2c1=O. The average molecular weight is 380 g/mol. The lowest BCUT2D eigenvalue weighted by molar-refractivity contribution is -0.941. The van der Waals surface area contributed by atoms with Gasteiger partial charge in [0.2, 0.25) is 5.43 Å². The highest BCUT2D eigenvalue weighted by Crippen LogP contribution is 2.31. The van der Waals surface area contributed by atoms with E-state index in [1.807, 2.05) is 24.3 Å². The van der Waals surface area contributed by atoms with Crippen LogP contribution in [0.15, 0.2) is 51.9 Å². The van der Waals surface area contributed by atoms with Gasteiger partial charge in [-0.3, -0.25) is 4.79 Å². The molecule has 146 valence electrons. The van der Waals surface area contributed by atoms with Crippen molar-refractivity contribution in [1.82, 2.24) is 0 Å². The number of rotatable bonds is 4. The minimum Gasteiger partial charge on any atom is -0.507 e. The van der Waals surface area contributed by atoms with E-state index in [2.05, 4.69) is 6.92 Å². The van der Waals surface area contributed by atoms with Gasteiger partial charge in [-0.05, 0) is 44.4 Å². The van der Waals surface area contributed by atoms with E-state index in [0.717, 1.165) is 6.54 Å². The van der Waals surface area contributed by atoms with Gasteiger partial charge >= 0.3 is 0 Å². The van der Waals surface area contributed by atoms with E-state index in [1.165, 1.54) is 30.4 Å². The average Bonchev–Trinajstić information content (AvgIpc) is 2.72. The molecule has 0 spiro atoms. The third kappa shape index (κ3) is 3.27. The van der Waals surface area contributed by atoms with Crippen LogP contribution < -0.4 is 15.1 Å². The van der Waals surface area contributed by atoms with Gasteiger partial charge in [0.25, 0.3) is 0 Å². The number of benzene rings is 2. The summed E-state index contributed by atoms with van der Waals surface area (Å²) in [6.45, 7) is 3.97. The Balaban J connectivity index is 1.82. The number of fused-ring (bicyclic) bond motifs is 1. The number of nitrogens with one attached hydrogen (secondary N) is 1. The lowest BCUT2D eigenvalue weighted by Crippen LogP contribution is -3.14. The monoisotopic (exact) mass is 380 g/mol. The molecule has 5 nitrogen and oxygen atoms in total. The number of hydrogen-bond acceptors (Lipinski definition) is 4. The highest BCUT2D eigenvalue weighted by Gasteiger charge is 2.25. The minimum absolute atomic E-state index is 0.117. The first-order valence-corrected chi connectivity index (χ1v) is 9.84. The van der Waals surface area contributed by atoms with Gasteiger partial charge in [0.15, 0.2) is 0 Å². The van der Waals surface area contributed by atoms with Gasteiger partial charge in [-0.2, -0.15) is 0 Å². The zero-order valence-electron chi connectivity index (χ0n) is 16.3. The smallest absolute Gasteiger partial charge is 0.200 e. The summed E-state index contributed by atoms with van der Waals surface area (Å²) in [5.41, 5.74) is 2.23. The van der Waals surface area contributed by atoms with Gasteiger partial charge in [-0.15, -0.1) is 0 Å². The number of ether oxygens (including phenoxy) is 1. The Kier molecular flexibility index (Phi) is 5.09. The fourth-order valence-electron chi connectivity index (χ4n) is 4.21. The van der Waals surface area contributed by atoms with Crippen LogP contribution in [0, 0.1) is 0 Å². The Morgan fingerprint density at radius 2 is 2.00 bits per heavy atom. The van der Waals surface area contributed by atoms with E-state index < -0.39 is 0 Å². The molecule has 2 atom stereocenters. The third-order valence-electron chi connectivity index (χ3n) is 5.90. The third-order valence-corrected chi connectivity index (χ3v) is 5.90. The zero-order chi connectivity index (χ0) is 19.7. The van der Waals surface area contributed by atoms with E-state index >= 15 is 0 Å². The maximum absolute atomic E-state index is 13.2. The number of piperidine rings is 1. The minimum atomic E-state index is -0.117. The number of quaternary nitrogens is 1. The lowest BCUT2D eigenvalue weighted by Gasteiger charge is -2.30. The Bertz CT molecular complexity index is 1060. The molecule has 0 amide bonds. The molecule has 0 bridgehead atoms. The van der Waals surface area contributed by atoms with E-state index in [1.54, 1.807) is 19.2 Å². The second-order valence-corrected chi connectivity index (χ2v) is 7.60. The molecule has 1 aliphatic rings. The number of para-hydroxylation sites is 1. The molecule has 4 rings (SSSR count). The Morgan fingerprint density at radius 3 is 2.79 bits per heavy atom. The van der Waals surface area contributed by atoms with Crippen LogP contribution in [0.25, 0.3) is 22.1 Å². The first-order chi connectivity index (χ1) is 13.6. The molecule has 2 heterocycles. The Labute approximate surface area is 164 Å². The molecule has 2 N–H and O–H groups in total.